The molecule has 3 unspecified atom stereocenters. The van der Waals surface area contributed by atoms with Crippen LogP contribution in [0.5, 0.6) is 5.75 Å². The number of nitrogens with one attached hydrogen (secondary N) is 1. The molecular weight excluding hydrogens is 226 g/mol. The van der Waals surface area contributed by atoms with E-state index in [0.29, 0.717) is 6.04 Å². The van der Waals surface area contributed by atoms with Gasteiger partial charge < -0.3 is 14.8 Å². The summed E-state index contributed by atoms with van der Waals surface area (Å²) in [5.41, 5.74) is 1.18. The van der Waals surface area contributed by atoms with E-state index in [0.717, 1.165) is 25.3 Å². The number of rotatable bonds is 6. The summed E-state index contributed by atoms with van der Waals surface area (Å²) in [7, 11) is 0. The lowest BCUT2D eigenvalue weighted by Crippen LogP contribution is -2.61. The van der Waals surface area contributed by atoms with Gasteiger partial charge in [0.05, 0.1) is 0 Å². The predicted octanol–water partition coefficient (Wildman–Crippen LogP) is 2.53. The zero-order valence-electron chi connectivity index (χ0n) is 11.5. The van der Waals surface area contributed by atoms with Gasteiger partial charge in [0, 0.05) is 19.1 Å². The highest BCUT2D eigenvalue weighted by molar-refractivity contribution is 5.32. The highest BCUT2D eigenvalue weighted by Crippen LogP contribution is 2.30. The first-order valence-corrected chi connectivity index (χ1v) is 6.83. The summed E-state index contributed by atoms with van der Waals surface area (Å²) in [6.45, 7) is 7.95. The minimum Gasteiger partial charge on any atom is -0.487 e. The molecule has 0 amide bonds. The topological polar surface area (TPSA) is 30.5 Å². The zero-order chi connectivity index (χ0) is 13.0. The van der Waals surface area contributed by atoms with Crippen molar-refractivity contribution in [3.05, 3.63) is 29.8 Å². The lowest BCUT2D eigenvalue weighted by atomic mass is 9.85. The molecule has 0 aliphatic heterocycles. The second kappa shape index (κ2) is 6.21. The number of hydrogen-bond acceptors (Lipinski definition) is 3. The molecule has 0 spiro atoms. The lowest BCUT2D eigenvalue weighted by Gasteiger charge is -2.44. The Morgan fingerprint density at radius 1 is 1.28 bits per heavy atom. The van der Waals surface area contributed by atoms with Crippen LogP contribution < -0.4 is 10.1 Å². The fourth-order valence-electron chi connectivity index (χ4n) is 2.43. The fourth-order valence-corrected chi connectivity index (χ4v) is 2.43. The zero-order valence-corrected chi connectivity index (χ0v) is 11.5. The van der Waals surface area contributed by atoms with Gasteiger partial charge in [0.15, 0.2) is 0 Å². The maximum Gasteiger partial charge on any atom is 0.128 e. The van der Waals surface area contributed by atoms with Gasteiger partial charge >= 0.3 is 0 Å². The first-order chi connectivity index (χ1) is 8.76. The average Bonchev–Trinajstić information content (AvgIpc) is 2.37. The van der Waals surface area contributed by atoms with Crippen LogP contribution in [0.4, 0.5) is 0 Å². The van der Waals surface area contributed by atoms with Gasteiger partial charge in [-0.25, -0.2) is 0 Å². The molecule has 0 saturated heterocycles. The van der Waals surface area contributed by atoms with Crippen molar-refractivity contribution in [1.82, 2.24) is 5.32 Å². The summed E-state index contributed by atoms with van der Waals surface area (Å²) in [6.07, 6.45) is 1.37. The van der Waals surface area contributed by atoms with E-state index in [2.05, 4.69) is 25.2 Å². The van der Waals surface area contributed by atoms with Crippen molar-refractivity contribution in [2.45, 2.75) is 45.4 Å². The summed E-state index contributed by atoms with van der Waals surface area (Å²) in [5, 5.41) is 3.44. The van der Waals surface area contributed by atoms with Gasteiger partial charge in [-0.2, -0.15) is 0 Å². The molecule has 3 atom stereocenters. The summed E-state index contributed by atoms with van der Waals surface area (Å²) >= 11 is 0. The molecule has 3 heteroatoms. The Morgan fingerprint density at radius 2 is 2.06 bits per heavy atom. The molecule has 2 rings (SSSR count). The van der Waals surface area contributed by atoms with Crippen molar-refractivity contribution in [3.63, 3.8) is 0 Å². The Morgan fingerprint density at radius 3 is 2.72 bits per heavy atom. The third kappa shape index (κ3) is 2.85. The molecule has 3 nitrogen and oxygen atoms in total. The molecule has 1 aromatic carbocycles. The summed E-state index contributed by atoms with van der Waals surface area (Å²) in [4.78, 5) is 0. The molecular formula is C15H23NO2. The van der Waals surface area contributed by atoms with Crippen molar-refractivity contribution < 1.29 is 9.47 Å². The van der Waals surface area contributed by atoms with E-state index in [1.165, 1.54) is 5.56 Å². The fraction of sp³-hybridized carbons (Fsp3) is 0.600. The van der Waals surface area contributed by atoms with Gasteiger partial charge in [-0.15, -0.1) is 0 Å². The summed E-state index contributed by atoms with van der Waals surface area (Å²) in [6, 6.07) is 8.58. The highest BCUT2D eigenvalue weighted by Gasteiger charge is 2.43. The largest absolute Gasteiger partial charge is 0.487 e. The Kier molecular flexibility index (Phi) is 4.61. The molecule has 0 bridgehead atoms. The first kappa shape index (κ1) is 13.4. The third-order valence-corrected chi connectivity index (χ3v) is 3.45. The van der Waals surface area contributed by atoms with Gasteiger partial charge in [0.2, 0.25) is 0 Å². The molecule has 1 fully saturated rings. The van der Waals surface area contributed by atoms with E-state index in [4.69, 9.17) is 9.47 Å². The van der Waals surface area contributed by atoms with Crippen LogP contribution in [-0.4, -0.2) is 31.4 Å². The lowest BCUT2D eigenvalue weighted by molar-refractivity contribution is -0.104. The quantitative estimate of drug-likeness (QED) is 0.840. The number of aryl methyl sites for hydroxylation is 1. The Balaban J connectivity index is 1.96. The number of benzene rings is 1. The van der Waals surface area contributed by atoms with Crippen molar-refractivity contribution in [2.24, 2.45) is 0 Å². The third-order valence-electron chi connectivity index (χ3n) is 3.45. The van der Waals surface area contributed by atoms with E-state index in [1.54, 1.807) is 0 Å². The van der Waals surface area contributed by atoms with Crippen LogP contribution >= 0.6 is 0 Å². The second-order valence-electron chi connectivity index (χ2n) is 4.74. The van der Waals surface area contributed by atoms with Gasteiger partial charge in [-0.1, -0.05) is 25.1 Å². The highest BCUT2D eigenvalue weighted by atomic mass is 16.5. The molecule has 1 saturated carbocycles. The van der Waals surface area contributed by atoms with Gasteiger partial charge in [-0.3, -0.25) is 0 Å². The SMILES string of the molecule is CCNC1CC(Oc2ccccc2C)C1OCC. The summed E-state index contributed by atoms with van der Waals surface area (Å²) < 4.78 is 11.8. The molecule has 1 aliphatic rings. The van der Waals surface area contributed by atoms with Gasteiger partial charge in [0.25, 0.3) is 0 Å². The molecule has 1 aromatic rings. The average molecular weight is 249 g/mol. The van der Waals surface area contributed by atoms with E-state index in [-0.39, 0.29) is 12.2 Å². The monoisotopic (exact) mass is 249 g/mol. The smallest absolute Gasteiger partial charge is 0.128 e. The van der Waals surface area contributed by atoms with E-state index in [9.17, 15) is 0 Å². The Bertz CT molecular complexity index is 381. The van der Waals surface area contributed by atoms with Crippen LogP contribution in [0.2, 0.25) is 0 Å². The van der Waals surface area contributed by atoms with Crippen molar-refractivity contribution in [3.8, 4) is 5.75 Å². The standard InChI is InChI=1S/C15H23NO2/c1-4-16-12-10-14(15(12)17-5-2)18-13-9-7-6-8-11(13)3/h6-9,12,14-16H,4-5,10H2,1-3H3. The molecule has 100 valence electrons. The normalized spacial score (nSPS) is 26.7. The van der Waals surface area contributed by atoms with Crippen LogP contribution in [0.25, 0.3) is 0 Å². The minimum absolute atomic E-state index is 0.176. The van der Waals surface area contributed by atoms with Crippen molar-refractivity contribution in [1.29, 1.82) is 0 Å². The molecule has 0 radical (unpaired) electrons. The van der Waals surface area contributed by atoms with E-state index >= 15 is 0 Å². The van der Waals surface area contributed by atoms with Gasteiger partial charge in [0.1, 0.15) is 18.0 Å². The molecule has 1 N–H and O–H groups in total. The summed E-state index contributed by atoms with van der Waals surface area (Å²) in [5.74, 6) is 0.974. The predicted molar refractivity (Wildman–Crippen MR) is 73.1 cm³/mol. The number of likely N-dealkylation sites (N-methyl/N-ethyl adjacent to an activating group) is 1. The van der Waals surface area contributed by atoms with Crippen LogP contribution in [0.15, 0.2) is 24.3 Å². The Labute approximate surface area is 109 Å². The molecule has 0 aromatic heterocycles. The second-order valence-corrected chi connectivity index (χ2v) is 4.74. The number of ether oxygens (including phenoxy) is 2. The van der Waals surface area contributed by atoms with Crippen molar-refractivity contribution in [2.75, 3.05) is 13.2 Å². The number of para-hydroxylation sites is 1. The molecule has 18 heavy (non-hydrogen) atoms. The number of hydrogen-bond donors (Lipinski definition) is 1. The molecule has 1 aliphatic carbocycles. The van der Waals surface area contributed by atoms with Crippen LogP contribution in [0.1, 0.15) is 25.8 Å². The van der Waals surface area contributed by atoms with Gasteiger partial charge in [-0.05, 0) is 32.0 Å². The van der Waals surface area contributed by atoms with Crippen LogP contribution in [0.3, 0.4) is 0 Å². The van der Waals surface area contributed by atoms with Crippen LogP contribution in [0, 0.1) is 6.92 Å². The van der Waals surface area contributed by atoms with E-state index in [1.807, 2.05) is 25.1 Å². The van der Waals surface area contributed by atoms with Crippen LogP contribution in [-0.2, 0) is 4.74 Å². The molecule has 0 heterocycles. The Hall–Kier alpha value is -1.06. The maximum absolute atomic E-state index is 6.06. The van der Waals surface area contributed by atoms with E-state index < -0.39 is 0 Å². The maximum atomic E-state index is 6.06. The first-order valence-electron chi connectivity index (χ1n) is 6.83. The van der Waals surface area contributed by atoms with Crippen molar-refractivity contribution >= 4 is 0 Å². The minimum atomic E-state index is 0.176.